The Balaban J connectivity index is 2.00. The average molecular weight is 273 g/mol. The number of nitrogens with zero attached hydrogens (tertiary/aromatic N) is 2. The summed E-state index contributed by atoms with van der Waals surface area (Å²) in [4.78, 5) is 0. The Morgan fingerprint density at radius 1 is 1.20 bits per heavy atom. The summed E-state index contributed by atoms with van der Waals surface area (Å²) >= 11 is 0. The standard InChI is InChI=1S/C16H23N3O/c1-11(2)17-10-6-9-15-18-19-16(20-15)14-8-5-7-12(3)13(14)4/h5,7-8,11,17H,6,9-10H2,1-4H3. The van der Waals surface area contributed by atoms with E-state index in [4.69, 9.17) is 4.42 Å². The van der Waals surface area contributed by atoms with Crippen LogP contribution in [0, 0.1) is 13.8 Å². The highest BCUT2D eigenvalue weighted by molar-refractivity contribution is 5.59. The lowest BCUT2D eigenvalue weighted by atomic mass is 10.0. The number of nitrogens with one attached hydrogen (secondary N) is 1. The molecular formula is C16H23N3O. The van der Waals surface area contributed by atoms with Crippen LogP contribution in [0.2, 0.25) is 0 Å². The molecule has 0 bridgehead atoms. The summed E-state index contributed by atoms with van der Waals surface area (Å²) < 4.78 is 5.76. The van der Waals surface area contributed by atoms with Crippen molar-refractivity contribution < 1.29 is 4.42 Å². The van der Waals surface area contributed by atoms with Crippen LogP contribution in [0.5, 0.6) is 0 Å². The minimum Gasteiger partial charge on any atom is -0.421 e. The molecule has 0 aliphatic rings. The van der Waals surface area contributed by atoms with Gasteiger partial charge in [0.1, 0.15) is 0 Å². The quantitative estimate of drug-likeness (QED) is 0.821. The smallest absolute Gasteiger partial charge is 0.248 e. The monoisotopic (exact) mass is 273 g/mol. The molecule has 0 radical (unpaired) electrons. The lowest BCUT2D eigenvalue weighted by molar-refractivity contribution is 0.484. The molecule has 0 amide bonds. The Hall–Kier alpha value is -1.68. The first-order valence-corrected chi connectivity index (χ1v) is 7.20. The second-order valence-electron chi connectivity index (χ2n) is 5.46. The topological polar surface area (TPSA) is 51.0 Å². The van der Waals surface area contributed by atoms with Gasteiger partial charge in [-0.3, -0.25) is 0 Å². The van der Waals surface area contributed by atoms with Gasteiger partial charge in [0, 0.05) is 18.0 Å². The van der Waals surface area contributed by atoms with Gasteiger partial charge < -0.3 is 9.73 Å². The van der Waals surface area contributed by atoms with Gasteiger partial charge in [0.2, 0.25) is 11.8 Å². The van der Waals surface area contributed by atoms with E-state index in [0.717, 1.165) is 24.9 Å². The first-order chi connectivity index (χ1) is 9.58. The van der Waals surface area contributed by atoms with Crippen molar-refractivity contribution in [1.29, 1.82) is 0 Å². The van der Waals surface area contributed by atoms with E-state index < -0.39 is 0 Å². The SMILES string of the molecule is Cc1cccc(-c2nnc(CCCNC(C)C)o2)c1C. The summed E-state index contributed by atoms with van der Waals surface area (Å²) in [5.41, 5.74) is 3.47. The van der Waals surface area contributed by atoms with Crippen LogP contribution in [-0.2, 0) is 6.42 Å². The molecule has 0 aliphatic heterocycles. The number of hydrogen-bond donors (Lipinski definition) is 1. The predicted octanol–water partition coefficient (Wildman–Crippen LogP) is 3.28. The van der Waals surface area contributed by atoms with Gasteiger partial charge in [0.15, 0.2) is 0 Å². The predicted molar refractivity (Wildman–Crippen MR) is 80.7 cm³/mol. The Kier molecular flexibility index (Phi) is 4.90. The number of aromatic nitrogens is 2. The highest BCUT2D eigenvalue weighted by atomic mass is 16.4. The van der Waals surface area contributed by atoms with Crippen LogP contribution >= 0.6 is 0 Å². The van der Waals surface area contributed by atoms with Gasteiger partial charge in [0.05, 0.1) is 0 Å². The highest BCUT2D eigenvalue weighted by Gasteiger charge is 2.11. The highest BCUT2D eigenvalue weighted by Crippen LogP contribution is 2.24. The third kappa shape index (κ3) is 3.67. The molecule has 2 aromatic rings. The summed E-state index contributed by atoms with van der Waals surface area (Å²) in [6, 6.07) is 6.66. The molecule has 0 aliphatic carbocycles. The lowest BCUT2D eigenvalue weighted by Gasteiger charge is -2.06. The van der Waals surface area contributed by atoms with Crippen molar-refractivity contribution in [3.05, 3.63) is 35.2 Å². The molecule has 0 unspecified atom stereocenters. The molecule has 4 nitrogen and oxygen atoms in total. The molecule has 2 rings (SSSR count). The molecular weight excluding hydrogens is 250 g/mol. The first kappa shape index (κ1) is 14.7. The average Bonchev–Trinajstić information content (AvgIpc) is 2.86. The molecule has 0 saturated heterocycles. The van der Waals surface area contributed by atoms with Gasteiger partial charge in [-0.1, -0.05) is 26.0 Å². The molecule has 0 saturated carbocycles. The van der Waals surface area contributed by atoms with Crippen molar-refractivity contribution in [3.8, 4) is 11.5 Å². The number of rotatable bonds is 6. The normalized spacial score (nSPS) is 11.2. The van der Waals surface area contributed by atoms with E-state index >= 15 is 0 Å². The van der Waals surface area contributed by atoms with Gasteiger partial charge in [-0.2, -0.15) is 0 Å². The van der Waals surface area contributed by atoms with Crippen LogP contribution in [0.1, 0.15) is 37.3 Å². The van der Waals surface area contributed by atoms with Crippen molar-refractivity contribution in [1.82, 2.24) is 15.5 Å². The van der Waals surface area contributed by atoms with E-state index in [2.05, 4.69) is 49.3 Å². The number of benzene rings is 1. The zero-order chi connectivity index (χ0) is 14.5. The summed E-state index contributed by atoms with van der Waals surface area (Å²) in [5.74, 6) is 1.34. The zero-order valence-corrected chi connectivity index (χ0v) is 12.7. The molecule has 0 fully saturated rings. The van der Waals surface area contributed by atoms with Crippen molar-refractivity contribution in [2.45, 2.75) is 46.6 Å². The van der Waals surface area contributed by atoms with Gasteiger partial charge in [-0.05, 0) is 44.0 Å². The maximum absolute atomic E-state index is 5.76. The Labute approximate surface area is 120 Å². The lowest BCUT2D eigenvalue weighted by Crippen LogP contribution is -2.23. The van der Waals surface area contributed by atoms with Crippen LogP contribution in [-0.4, -0.2) is 22.8 Å². The molecule has 20 heavy (non-hydrogen) atoms. The third-order valence-electron chi connectivity index (χ3n) is 3.42. The molecule has 1 heterocycles. The first-order valence-electron chi connectivity index (χ1n) is 7.20. The second kappa shape index (κ2) is 6.66. The van der Waals surface area contributed by atoms with Crippen LogP contribution in [0.25, 0.3) is 11.5 Å². The van der Waals surface area contributed by atoms with Gasteiger partial charge in [-0.25, -0.2) is 0 Å². The van der Waals surface area contributed by atoms with Gasteiger partial charge in [0.25, 0.3) is 0 Å². The Morgan fingerprint density at radius 2 is 2.00 bits per heavy atom. The van der Waals surface area contributed by atoms with Crippen molar-refractivity contribution in [2.24, 2.45) is 0 Å². The largest absolute Gasteiger partial charge is 0.421 e. The van der Waals surface area contributed by atoms with Crippen LogP contribution in [0.4, 0.5) is 0 Å². The molecule has 1 N–H and O–H groups in total. The number of aryl methyl sites for hydroxylation is 2. The zero-order valence-electron chi connectivity index (χ0n) is 12.7. The van der Waals surface area contributed by atoms with E-state index in [-0.39, 0.29) is 0 Å². The van der Waals surface area contributed by atoms with Crippen molar-refractivity contribution in [2.75, 3.05) is 6.54 Å². The summed E-state index contributed by atoms with van der Waals surface area (Å²) in [6.07, 6.45) is 1.82. The minimum atomic E-state index is 0.517. The fourth-order valence-corrected chi connectivity index (χ4v) is 2.08. The molecule has 0 atom stereocenters. The summed E-state index contributed by atoms with van der Waals surface area (Å²) in [7, 11) is 0. The summed E-state index contributed by atoms with van der Waals surface area (Å²) in [6.45, 7) is 9.43. The molecule has 0 spiro atoms. The Morgan fingerprint density at radius 3 is 2.75 bits per heavy atom. The molecule has 1 aromatic heterocycles. The van der Waals surface area contributed by atoms with Crippen molar-refractivity contribution >= 4 is 0 Å². The molecule has 1 aromatic carbocycles. The van der Waals surface area contributed by atoms with E-state index in [1.807, 2.05) is 12.1 Å². The van der Waals surface area contributed by atoms with Gasteiger partial charge in [-0.15, -0.1) is 10.2 Å². The van der Waals surface area contributed by atoms with E-state index in [9.17, 15) is 0 Å². The molecule has 4 heteroatoms. The minimum absolute atomic E-state index is 0.517. The Bertz CT molecular complexity index is 561. The van der Waals surface area contributed by atoms with Crippen molar-refractivity contribution in [3.63, 3.8) is 0 Å². The summed E-state index contributed by atoms with van der Waals surface area (Å²) in [5, 5.41) is 11.7. The molecule has 108 valence electrons. The van der Waals surface area contributed by atoms with Crippen LogP contribution in [0.15, 0.2) is 22.6 Å². The van der Waals surface area contributed by atoms with Crippen LogP contribution in [0.3, 0.4) is 0 Å². The van der Waals surface area contributed by atoms with E-state index in [0.29, 0.717) is 17.8 Å². The maximum atomic E-state index is 5.76. The van der Waals surface area contributed by atoms with E-state index in [1.54, 1.807) is 0 Å². The maximum Gasteiger partial charge on any atom is 0.248 e. The van der Waals surface area contributed by atoms with E-state index in [1.165, 1.54) is 11.1 Å². The fourth-order valence-electron chi connectivity index (χ4n) is 2.08. The van der Waals surface area contributed by atoms with Gasteiger partial charge >= 0.3 is 0 Å². The third-order valence-corrected chi connectivity index (χ3v) is 3.42. The van der Waals surface area contributed by atoms with Crippen LogP contribution < -0.4 is 5.32 Å². The second-order valence-corrected chi connectivity index (χ2v) is 5.46. The number of hydrogen-bond acceptors (Lipinski definition) is 4. The fraction of sp³-hybridized carbons (Fsp3) is 0.500.